The molecule has 0 saturated carbocycles. The van der Waals surface area contributed by atoms with Crippen molar-refractivity contribution in [3.05, 3.63) is 52.5 Å². The fourth-order valence-electron chi connectivity index (χ4n) is 2.24. The van der Waals surface area contributed by atoms with Crippen molar-refractivity contribution >= 4 is 15.9 Å². The Morgan fingerprint density at radius 2 is 2.05 bits per heavy atom. The fraction of sp³-hybridized carbons (Fsp3) is 0.375. The van der Waals surface area contributed by atoms with Gasteiger partial charge in [-0.25, -0.2) is 9.97 Å². The molecular weight excluding hydrogens is 330 g/mol. The minimum atomic E-state index is 0.175. The van der Waals surface area contributed by atoms with Crippen molar-refractivity contribution < 1.29 is 4.74 Å². The summed E-state index contributed by atoms with van der Waals surface area (Å²) in [6.45, 7) is 3.11. The van der Waals surface area contributed by atoms with Crippen LogP contribution in [0.2, 0.25) is 0 Å². The van der Waals surface area contributed by atoms with Crippen molar-refractivity contribution in [3.63, 3.8) is 0 Å². The molecule has 0 spiro atoms. The number of ether oxygens (including phenoxy) is 1. The van der Waals surface area contributed by atoms with E-state index in [2.05, 4.69) is 44.2 Å². The second-order valence-corrected chi connectivity index (χ2v) is 5.75. The summed E-state index contributed by atoms with van der Waals surface area (Å²) in [5, 5.41) is 3.55. The molecule has 1 heterocycles. The first-order chi connectivity index (χ1) is 10.2. The molecule has 1 N–H and O–H groups in total. The van der Waals surface area contributed by atoms with Crippen LogP contribution in [-0.4, -0.2) is 23.6 Å². The number of hydrogen-bond donors (Lipinski definition) is 1. The Hall–Kier alpha value is -1.46. The van der Waals surface area contributed by atoms with Crippen LogP contribution >= 0.6 is 15.9 Å². The molecule has 1 aromatic heterocycles. The van der Waals surface area contributed by atoms with E-state index in [1.165, 1.54) is 0 Å². The van der Waals surface area contributed by atoms with Crippen LogP contribution < -0.4 is 10.1 Å². The zero-order valence-corrected chi connectivity index (χ0v) is 13.9. The van der Waals surface area contributed by atoms with Gasteiger partial charge in [0.2, 0.25) is 0 Å². The maximum Gasteiger partial charge on any atom is 0.122 e. The standard InChI is InChI=1S/C16H20BrN3O/c1-3-6-20-15(13-9-18-11-19-10-13)8-12-7-14(17)4-5-16(12)21-2/h4-5,7,9-11,15,20H,3,6,8H2,1-2H3. The number of halogens is 1. The minimum absolute atomic E-state index is 0.175. The van der Waals surface area contributed by atoms with Gasteiger partial charge in [-0.2, -0.15) is 0 Å². The average molecular weight is 350 g/mol. The lowest BCUT2D eigenvalue weighted by Crippen LogP contribution is -2.24. The molecule has 1 aromatic carbocycles. The molecule has 4 nitrogen and oxygen atoms in total. The van der Waals surface area contributed by atoms with E-state index in [9.17, 15) is 0 Å². The van der Waals surface area contributed by atoms with Crippen LogP contribution in [-0.2, 0) is 6.42 Å². The van der Waals surface area contributed by atoms with Crippen molar-refractivity contribution in [1.82, 2.24) is 15.3 Å². The van der Waals surface area contributed by atoms with Gasteiger partial charge in [-0.1, -0.05) is 22.9 Å². The Labute approximate surface area is 134 Å². The predicted molar refractivity (Wildman–Crippen MR) is 87.5 cm³/mol. The SMILES string of the molecule is CCCNC(Cc1cc(Br)ccc1OC)c1cncnc1. The van der Waals surface area contributed by atoms with Gasteiger partial charge in [0.1, 0.15) is 12.1 Å². The summed E-state index contributed by atoms with van der Waals surface area (Å²) in [6, 6.07) is 6.25. The monoisotopic (exact) mass is 349 g/mol. The average Bonchev–Trinajstić information content (AvgIpc) is 2.52. The Balaban J connectivity index is 2.24. The maximum absolute atomic E-state index is 5.46. The number of hydrogen-bond acceptors (Lipinski definition) is 4. The van der Waals surface area contributed by atoms with E-state index in [0.717, 1.165) is 40.7 Å². The highest BCUT2D eigenvalue weighted by atomic mass is 79.9. The summed E-state index contributed by atoms with van der Waals surface area (Å²) >= 11 is 3.52. The van der Waals surface area contributed by atoms with Crippen molar-refractivity contribution in [2.24, 2.45) is 0 Å². The minimum Gasteiger partial charge on any atom is -0.496 e. The third kappa shape index (κ3) is 4.51. The first kappa shape index (κ1) is 15.9. The second-order valence-electron chi connectivity index (χ2n) is 4.84. The van der Waals surface area contributed by atoms with E-state index in [0.29, 0.717) is 0 Å². The van der Waals surface area contributed by atoms with Crippen LogP contribution in [0.5, 0.6) is 5.75 Å². The number of nitrogens with zero attached hydrogens (tertiary/aromatic N) is 2. The summed E-state index contributed by atoms with van der Waals surface area (Å²) in [5.41, 5.74) is 2.25. The molecule has 0 saturated heterocycles. The first-order valence-corrected chi connectivity index (χ1v) is 7.84. The van der Waals surface area contributed by atoms with Gasteiger partial charge in [0.25, 0.3) is 0 Å². The van der Waals surface area contributed by atoms with Gasteiger partial charge in [0.15, 0.2) is 0 Å². The largest absolute Gasteiger partial charge is 0.496 e. The van der Waals surface area contributed by atoms with E-state index in [-0.39, 0.29) is 6.04 Å². The maximum atomic E-state index is 5.46. The van der Waals surface area contributed by atoms with Crippen LogP contribution in [0.1, 0.15) is 30.5 Å². The van der Waals surface area contributed by atoms with Crippen LogP contribution in [0.3, 0.4) is 0 Å². The zero-order valence-electron chi connectivity index (χ0n) is 12.3. The molecule has 0 amide bonds. The third-order valence-corrected chi connectivity index (χ3v) is 3.78. The zero-order chi connectivity index (χ0) is 15.1. The van der Waals surface area contributed by atoms with Crippen LogP contribution in [0.15, 0.2) is 41.4 Å². The molecule has 0 aliphatic carbocycles. The van der Waals surface area contributed by atoms with Gasteiger partial charge in [-0.15, -0.1) is 0 Å². The van der Waals surface area contributed by atoms with Crippen molar-refractivity contribution in [2.75, 3.05) is 13.7 Å². The van der Waals surface area contributed by atoms with Gasteiger partial charge in [-0.05, 0) is 43.1 Å². The lowest BCUT2D eigenvalue weighted by Gasteiger charge is -2.20. The summed E-state index contributed by atoms with van der Waals surface area (Å²) in [7, 11) is 1.70. The molecule has 0 radical (unpaired) electrons. The molecular formula is C16H20BrN3O. The Bertz CT molecular complexity index is 563. The van der Waals surface area contributed by atoms with Gasteiger partial charge in [-0.3, -0.25) is 0 Å². The van der Waals surface area contributed by atoms with Gasteiger partial charge < -0.3 is 10.1 Å². The highest BCUT2D eigenvalue weighted by Gasteiger charge is 2.15. The highest BCUT2D eigenvalue weighted by Crippen LogP contribution is 2.27. The van der Waals surface area contributed by atoms with E-state index in [4.69, 9.17) is 4.74 Å². The molecule has 1 atom stereocenters. The fourth-order valence-corrected chi connectivity index (χ4v) is 2.65. The molecule has 21 heavy (non-hydrogen) atoms. The Morgan fingerprint density at radius 1 is 1.29 bits per heavy atom. The molecule has 112 valence electrons. The number of benzene rings is 1. The Morgan fingerprint density at radius 3 is 2.71 bits per heavy atom. The molecule has 2 rings (SSSR count). The number of nitrogens with one attached hydrogen (secondary N) is 1. The van der Waals surface area contributed by atoms with E-state index in [1.807, 2.05) is 24.5 Å². The summed E-state index contributed by atoms with van der Waals surface area (Å²) in [4.78, 5) is 8.25. The molecule has 0 aliphatic heterocycles. The van der Waals surface area contributed by atoms with Crippen LogP contribution in [0.4, 0.5) is 0 Å². The molecule has 5 heteroatoms. The summed E-state index contributed by atoms with van der Waals surface area (Å²) in [6.07, 6.45) is 7.20. The van der Waals surface area contributed by atoms with Gasteiger partial charge in [0.05, 0.1) is 7.11 Å². The number of aromatic nitrogens is 2. The lowest BCUT2D eigenvalue weighted by atomic mass is 10.00. The molecule has 2 aromatic rings. The van der Waals surface area contributed by atoms with Crippen LogP contribution in [0.25, 0.3) is 0 Å². The number of rotatable bonds is 7. The van der Waals surface area contributed by atoms with E-state index >= 15 is 0 Å². The quantitative estimate of drug-likeness (QED) is 0.830. The van der Waals surface area contributed by atoms with Crippen LogP contribution in [0, 0.1) is 0 Å². The van der Waals surface area contributed by atoms with Crippen molar-refractivity contribution in [2.45, 2.75) is 25.8 Å². The smallest absolute Gasteiger partial charge is 0.122 e. The lowest BCUT2D eigenvalue weighted by molar-refractivity contribution is 0.405. The predicted octanol–water partition coefficient (Wildman–Crippen LogP) is 3.53. The number of methoxy groups -OCH3 is 1. The first-order valence-electron chi connectivity index (χ1n) is 7.05. The highest BCUT2D eigenvalue weighted by molar-refractivity contribution is 9.10. The van der Waals surface area contributed by atoms with Crippen molar-refractivity contribution in [3.8, 4) is 5.75 Å². The van der Waals surface area contributed by atoms with Gasteiger partial charge >= 0.3 is 0 Å². The van der Waals surface area contributed by atoms with Gasteiger partial charge in [0, 0.05) is 28.5 Å². The van der Waals surface area contributed by atoms with Crippen molar-refractivity contribution in [1.29, 1.82) is 0 Å². The second kappa shape index (κ2) is 8.10. The topological polar surface area (TPSA) is 47.0 Å². The van der Waals surface area contributed by atoms with E-state index < -0.39 is 0 Å². The molecule has 0 bridgehead atoms. The summed E-state index contributed by atoms with van der Waals surface area (Å²) in [5.74, 6) is 0.901. The molecule has 0 fully saturated rings. The molecule has 1 unspecified atom stereocenters. The molecule has 0 aliphatic rings. The normalized spacial score (nSPS) is 12.1. The van der Waals surface area contributed by atoms with E-state index in [1.54, 1.807) is 13.4 Å². The third-order valence-electron chi connectivity index (χ3n) is 3.29. The summed E-state index contributed by atoms with van der Waals surface area (Å²) < 4.78 is 6.51. The Kier molecular flexibility index (Phi) is 6.14.